The van der Waals surface area contributed by atoms with Crippen LogP contribution >= 0.6 is 0 Å². The van der Waals surface area contributed by atoms with Gasteiger partial charge in [-0.1, -0.05) is 12.1 Å². The Morgan fingerprint density at radius 1 is 1.25 bits per heavy atom. The van der Waals surface area contributed by atoms with Crippen molar-refractivity contribution in [2.24, 2.45) is 5.14 Å². The maximum atomic E-state index is 12.2. The summed E-state index contributed by atoms with van der Waals surface area (Å²) in [4.78, 5) is 12.0. The molecule has 2 aromatic rings. The highest BCUT2D eigenvalue weighted by Gasteiger charge is 2.32. The highest BCUT2D eigenvalue weighted by atomic mass is 32.2. The largest absolute Gasteiger partial charge is 0.495 e. The first-order valence-corrected chi connectivity index (χ1v) is 10.1. The Labute approximate surface area is 163 Å². The van der Waals surface area contributed by atoms with Crippen LogP contribution in [0.3, 0.4) is 0 Å². The van der Waals surface area contributed by atoms with Crippen LogP contribution in [0.4, 0.5) is 5.69 Å². The molecule has 1 amide bonds. The van der Waals surface area contributed by atoms with E-state index in [0.717, 1.165) is 12.0 Å². The molecule has 0 saturated heterocycles. The van der Waals surface area contributed by atoms with Gasteiger partial charge in [0.15, 0.2) is 18.1 Å². The third kappa shape index (κ3) is 4.37. The molecular weight excluding hydrogens is 384 g/mol. The van der Waals surface area contributed by atoms with E-state index in [1.807, 2.05) is 26.0 Å². The highest BCUT2D eigenvalue weighted by molar-refractivity contribution is 7.89. The van der Waals surface area contributed by atoms with Crippen molar-refractivity contribution in [3.05, 3.63) is 42.0 Å². The number of benzene rings is 2. The number of fused-ring (bicyclic) bond motifs is 1. The number of amides is 1. The average Bonchev–Trinajstić information content (AvgIpc) is 2.93. The van der Waals surface area contributed by atoms with Gasteiger partial charge in [0.25, 0.3) is 5.91 Å². The Morgan fingerprint density at radius 3 is 2.68 bits per heavy atom. The molecule has 0 unspecified atom stereocenters. The van der Waals surface area contributed by atoms with Gasteiger partial charge in [0.1, 0.15) is 16.2 Å². The molecule has 0 saturated carbocycles. The molecule has 150 valence electrons. The first kappa shape index (κ1) is 20.0. The lowest BCUT2D eigenvalue weighted by molar-refractivity contribution is -0.118. The fourth-order valence-corrected chi connectivity index (χ4v) is 3.74. The summed E-state index contributed by atoms with van der Waals surface area (Å²) in [5.74, 6) is 0.760. The summed E-state index contributed by atoms with van der Waals surface area (Å²) in [5, 5.41) is 7.76. The number of ether oxygens (including phenoxy) is 3. The molecule has 0 aliphatic carbocycles. The number of hydrogen-bond donors (Lipinski definition) is 2. The molecule has 0 atom stereocenters. The number of para-hydroxylation sites is 1. The zero-order valence-electron chi connectivity index (χ0n) is 15.8. The summed E-state index contributed by atoms with van der Waals surface area (Å²) in [6.07, 6.45) is 0.758. The molecule has 3 rings (SSSR count). The number of nitrogens with two attached hydrogens (primary N) is 1. The maximum Gasteiger partial charge on any atom is 0.262 e. The van der Waals surface area contributed by atoms with Crippen LogP contribution in [-0.4, -0.2) is 33.6 Å². The van der Waals surface area contributed by atoms with Gasteiger partial charge in [0, 0.05) is 17.7 Å². The van der Waals surface area contributed by atoms with Gasteiger partial charge in [-0.05, 0) is 38.1 Å². The Bertz CT molecular complexity index is 1020. The maximum absolute atomic E-state index is 12.2. The molecule has 0 bridgehead atoms. The standard InChI is InChI=1S/C19H22N2O6S/c1-19(2)10-12-5-4-6-15(18(12)27-19)26-11-17(22)21-13-7-8-14(25-3)16(9-13)28(20,23)24/h4-9H,10-11H2,1-3H3,(H,21,22)(H2,20,23,24). The van der Waals surface area contributed by atoms with E-state index in [-0.39, 0.29) is 28.5 Å². The van der Waals surface area contributed by atoms with E-state index in [4.69, 9.17) is 19.3 Å². The second kappa shape index (κ2) is 7.33. The lowest BCUT2D eigenvalue weighted by Gasteiger charge is -2.18. The van der Waals surface area contributed by atoms with E-state index in [1.54, 1.807) is 6.07 Å². The van der Waals surface area contributed by atoms with Gasteiger partial charge in [-0.3, -0.25) is 4.79 Å². The van der Waals surface area contributed by atoms with Gasteiger partial charge < -0.3 is 19.5 Å². The van der Waals surface area contributed by atoms with Crippen molar-refractivity contribution in [3.8, 4) is 17.2 Å². The summed E-state index contributed by atoms with van der Waals surface area (Å²) < 4.78 is 39.8. The predicted octanol–water partition coefficient (Wildman–Crippen LogP) is 2.07. The zero-order valence-corrected chi connectivity index (χ0v) is 16.6. The molecule has 0 aromatic heterocycles. The lowest BCUT2D eigenvalue weighted by atomic mass is 10.0. The van der Waals surface area contributed by atoms with Crippen LogP contribution < -0.4 is 24.7 Å². The van der Waals surface area contributed by atoms with Gasteiger partial charge >= 0.3 is 0 Å². The second-order valence-electron chi connectivity index (χ2n) is 7.03. The number of rotatable bonds is 6. The van der Waals surface area contributed by atoms with Crippen LogP contribution in [0, 0.1) is 0 Å². The predicted molar refractivity (Wildman–Crippen MR) is 103 cm³/mol. The molecule has 0 spiro atoms. The van der Waals surface area contributed by atoms with Crippen LogP contribution in [0.2, 0.25) is 0 Å². The van der Waals surface area contributed by atoms with Crippen LogP contribution in [0.5, 0.6) is 17.2 Å². The van der Waals surface area contributed by atoms with Gasteiger partial charge in [-0.15, -0.1) is 0 Å². The summed E-state index contributed by atoms with van der Waals surface area (Å²) in [5.41, 5.74) is 0.960. The van der Waals surface area contributed by atoms with E-state index in [2.05, 4.69) is 5.32 Å². The van der Waals surface area contributed by atoms with Gasteiger partial charge in [0.05, 0.1) is 7.11 Å². The number of carbonyl (C=O) groups excluding carboxylic acids is 1. The number of nitrogens with one attached hydrogen (secondary N) is 1. The minimum atomic E-state index is -4.00. The number of hydrogen-bond acceptors (Lipinski definition) is 6. The van der Waals surface area contributed by atoms with Crippen LogP contribution in [0.1, 0.15) is 19.4 Å². The van der Waals surface area contributed by atoms with E-state index in [9.17, 15) is 13.2 Å². The van der Waals surface area contributed by atoms with Crippen molar-refractivity contribution in [3.63, 3.8) is 0 Å². The van der Waals surface area contributed by atoms with Crippen molar-refractivity contribution < 1.29 is 27.4 Å². The van der Waals surface area contributed by atoms with Crippen molar-refractivity contribution in [2.75, 3.05) is 19.0 Å². The van der Waals surface area contributed by atoms with Crippen molar-refractivity contribution in [1.29, 1.82) is 0 Å². The molecule has 3 N–H and O–H groups in total. The minimum Gasteiger partial charge on any atom is -0.495 e. The van der Waals surface area contributed by atoms with Crippen LogP contribution in [0.15, 0.2) is 41.3 Å². The first-order chi connectivity index (χ1) is 13.1. The molecule has 1 aliphatic rings. The summed E-state index contributed by atoms with van der Waals surface area (Å²) in [6, 6.07) is 9.70. The second-order valence-corrected chi connectivity index (χ2v) is 8.56. The topological polar surface area (TPSA) is 117 Å². The van der Waals surface area contributed by atoms with E-state index >= 15 is 0 Å². The molecule has 0 fully saturated rings. The molecule has 0 radical (unpaired) electrons. The highest BCUT2D eigenvalue weighted by Crippen LogP contribution is 2.41. The van der Waals surface area contributed by atoms with Crippen molar-refractivity contribution >= 4 is 21.6 Å². The van der Waals surface area contributed by atoms with Gasteiger partial charge in [0.2, 0.25) is 10.0 Å². The normalized spacial score (nSPS) is 14.7. The quantitative estimate of drug-likeness (QED) is 0.758. The first-order valence-electron chi connectivity index (χ1n) is 8.53. The van der Waals surface area contributed by atoms with E-state index in [0.29, 0.717) is 11.5 Å². The summed E-state index contributed by atoms with van der Waals surface area (Å²) >= 11 is 0. The van der Waals surface area contributed by atoms with Gasteiger partial charge in [-0.2, -0.15) is 0 Å². The SMILES string of the molecule is COc1ccc(NC(=O)COc2cccc3c2OC(C)(C)C3)cc1S(N)(=O)=O. The fourth-order valence-electron chi connectivity index (χ4n) is 3.02. The average molecular weight is 406 g/mol. The third-order valence-electron chi connectivity index (χ3n) is 4.17. The number of sulfonamides is 1. The van der Waals surface area contributed by atoms with Crippen LogP contribution in [0.25, 0.3) is 0 Å². The summed E-state index contributed by atoms with van der Waals surface area (Å²) in [7, 11) is -2.67. The summed E-state index contributed by atoms with van der Waals surface area (Å²) in [6.45, 7) is 3.70. The molecule has 1 aliphatic heterocycles. The minimum absolute atomic E-state index is 0.0939. The van der Waals surface area contributed by atoms with E-state index < -0.39 is 15.9 Å². The molecule has 28 heavy (non-hydrogen) atoms. The molecule has 2 aromatic carbocycles. The number of carbonyl (C=O) groups is 1. The van der Waals surface area contributed by atoms with Gasteiger partial charge in [-0.25, -0.2) is 13.6 Å². The third-order valence-corrected chi connectivity index (χ3v) is 5.10. The lowest BCUT2D eigenvalue weighted by Crippen LogP contribution is -2.25. The Balaban J connectivity index is 1.69. The number of methoxy groups -OCH3 is 1. The van der Waals surface area contributed by atoms with Crippen molar-refractivity contribution in [1.82, 2.24) is 0 Å². The number of primary sulfonamides is 1. The Morgan fingerprint density at radius 2 is 2.00 bits per heavy atom. The molecule has 8 nitrogen and oxygen atoms in total. The molecular formula is C19H22N2O6S. The number of anilines is 1. The fraction of sp³-hybridized carbons (Fsp3) is 0.316. The molecule has 9 heteroatoms. The molecule has 1 heterocycles. The van der Waals surface area contributed by atoms with Crippen molar-refractivity contribution in [2.45, 2.75) is 30.8 Å². The van der Waals surface area contributed by atoms with E-state index in [1.165, 1.54) is 25.3 Å². The Hall–Kier alpha value is -2.78. The Kier molecular flexibility index (Phi) is 5.22. The smallest absolute Gasteiger partial charge is 0.262 e. The van der Waals surface area contributed by atoms with Crippen LogP contribution in [-0.2, 0) is 21.2 Å². The monoisotopic (exact) mass is 406 g/mol. The zero-order chi connectivity index (χ0) is 20.5.